The summed E-state index contributed by atoms with van der Waals surface area (Å²) in [5.74, 6) is 2.71. The Labute approximate surface area is 633 Å². The number of aryl methyl sites for hydroxylation is 2. The van der Waals surface area contributed by atoms with E-state index in [4.69, 9.17) is 72.5 Å². The predicted molar refractivity (Wildman–Crippen MR) is 437 cm³/mol. The third-order valence-electron chi connectivity index (χ3n) is 18.8. The Hall–Kier alpha value is -13.7. The van der Waals surface area contributed by atoms with Crippen molar-refractivity contribution in [2.75, 3.05) is 0 Å². The van der Waals surface area contributed by atoms with Gasteiger partial charge in [0.15, 0.2) is 5.78 Å². The molecule has 0 amide bonds. The number of rotatable bonds is 15. The number of fused-ring (bicyclic) bond motifs is 4. The molecule has 0 spiro atoms. The molecule has 0 saturated heterocycles. The van der Waals surface area contributed by atoms with Crippen LogP contribution in [0.3, 0.4) is 0 Å². The smallest absolute Gasteiger partial charge is 0.193 e. The fraction of sp³-hybridized carbons (Fsp3) is 0.0211. The Morgan fingerprint density at radius 2 is 0.481 bits per heavy atom. The van der Waals surface area contributed by atoms with E-state index in [2.05, 4.69) is 85.8 Å². The molecule has 0 radical (unpaired) electrons. The van der Waals surface area contributed by atoms with Crippen LogP contribution in [0.5, 0.6) is 23.0 Å². The van der Waals surface area contributed by atoms with Crippen molar-refractivity contribution in [1.29, 1.82) is 0 Å². The lowest BCUT2D eigenvalue weighted by atomic mass is 9.94. The quantitative estimate of drug-likeness (QED) is 0.0716. The van der Waals surface area contributed by atoms with Crippen LogP contribution in [-0.2, 0) is 0 Å². The van der Waals surface area contributed by atoms with E-state index in [9.17, 15) is 4.79 Å². The minimum atomic E-state index is -0.0617. The molecule has 18 aromatic rings. The van der Waals surface area contributed by atoms with E-state index < -0.39 is 0 Å². The van der Waals surface area contributed by atoms with Gasteiger partial charge in [0.2, 0.25) is 0 Å². The SMILES string of the molecule is Cc1ccc(-c2nc3cc4nc(-c5ccc(-c6ccc(C)c(C(=O)c7ccc(Oc8ccc(Oc9ccccc9)cc8)cc7)c6)cc5)c(-c5ccccc5)nc4cc3nc2-c2ccccc2)cc1.Clc1ccc(-c2nc3cc4nc(-c5ccc(Cl)cc5)c(-c5ccccc5)nc4cc3nc2-c2ccccc2)cc1. The first-order valence-electron chi connectivity index (χ1n) is 35.3. The molecule has 0 N–H and O–H groups in total. The summed E-state index contributed by atoms with van der Waals surface area (Å²) in [6.45, 7) is 4.05. The number of para-hydroxylation sites is 1. The van der Waals surface area contributed by atoms with Crippen LogP contribution in [0.15, 0.2) is 340 Å². The van der Waals surface area contributed by atoms with Crippen molar-refractivity contribution in [3.63, 3.8) is 0 Å². The maximum absolute atomic E-state index is 14.0. The molecule has 4 aromatic heterocycles. The van der Waals surface area contributed by atoms with Gasteiger partial charge in [-0.2, -0.15) is 0 Å². The molecule has 108 heavy (non-hydrogen) atoms. The maximum atomic E-state index is 14.0. The summed E-state index contributed by atoms with van der Waals surface area (Å²) >= 11 is 12.4. The first-order chi connectivity index (χ1) is 53.0. The average molecular weight is 1430 g/mol. The van der Waals surface area contributed by atoms with Crippen LogP contribution < -0.4 is 9.47 Å². The van der Waals surface area contributed by atoms with Gasteiger partial charge in [-0.05, 0) is 146 Å². The number of halogens is 2. The number of ketones is 1. The molecule has 14 aromatic carbocycles. The van der Waals surface area contributed by atoms with Crippen LogP contribution >= 0.6 is 23.2 Å². The first kappa shape index (κ1) is 67.5. The van der Waals surface area contributed by atoms with Crippen LogP contribution in [0.25, 0.3) is 145 Å². The Bertz CT molecular complexity index is 6210. The Balaban J connectivity index is 0.000000181. The Kier molecular flexibility index (Phi) is 18.6. The third kappa shape index (κ3) is 14.4. The number of carbonyl (C=O) groups excluding carboxylic acids is 1. The van der Waals surface area contributed by atoms with Gasteiger partial charge in [-0.3, -0.25) is 4.79 Å². The van der Waals surface area contributed by atoms with Crippen molar-refractivity contribution >= 4 is 73.1 Å². The molecule has 0 fully saturated rings. The number of hydrogen-bond donors (Lipinski definition) is 0. The molecule has 0 saturated carbocycles. The van der Waals surface area contributed by atoms with Crippen LogP contribution in [0, 0.1) is 13.8 Å². The van der Waals surface area contributed by atoms with E-state index in [0.29, 0.717) is 38.4 Å². The highest BCUT2D eigenvalue weighted by atomic mass is 35.5. The highest BCUT2D eigenvalue weighted by Gasteiger charge is 2.22. The zero-order valence-corrected chi connectivity index (χ0v) is 59.9. The molecule has 0 unspecified atom stereocenters. The fourth-order valence-electron chi connectivity index (χ4n) is 13.2. The second-order valence-corrected chi connectivity index (χ2v) is 27.0. The van der Waals surface area contributed by atoms with Gasteiger partial charge in [-0.25, -0.2) is 39.9 Å². The summed E-state index contributed by atoms with van der Waals surface area (Å²) in [4.78, 5) is 55.5. The molecule has 0 aliphatic carbocycles. The first-order valence-corrected chi connectivity index (χ1v) is 36.0. The van der Waals surface area contributed by atoms with Crippen molar-refractivity contribution in [1.82, 2.24) is 39.9 Å². The zero-order chi connectivity index (χ0) is 73.0. The molecule has 13 heteroatoms. The molecule has 4 heterocycles. The lowest BCUT2D eigenvalue weighted by Gasteiger charge is -2.14. The molecule has 11 nitrogen and oxygen atoms in total. The van der Waals surface area contributed by atoms with E-state index in [1.54, 1.807) is 12.1 Å². The van der Waals surface area contributed by atoms with Crippen molar-refractivity contribution in [2.24, 2.45) is 0 Å². The highest BCUT2D eigenvalue weighted by molar-refractivity contribution is 6.31. The minimum Gasteiger partial charge on any atom is -0.457 e. The Morgan fingerprint density at radius 1 is 0.241 bits per heavy atom. The van der Waals surface area contributed by atoms with Crippen LogP contribution in [0.4, 0.5) is 0 Å². The third-order valence-corrected chi connectivity index (χ3v) is 19.3. The number of aromatic nitrogens is 8. The topological polar surface area (TPSA) is 139 Å². The number of hydrogen-bond acceptors (Lipinski definition) is 11. The van der Waals surface area contributed by atoms with Crippen molar-refractivity contribution in [3.05, 3.63) is 372 Å². The normalized spacial score (nSPS) is 11.2. The number of carbonyl (C=O) groups is 1. The van der Waals surface area contributed by atoms with E-state index >= 15 is 0 Å². The molecule has 0 aliphatic rings. The van der Waals surface area contributed by atoms with E-state index in [0.717, 1.165) is 157 Å². The maximum Gasteiger partial charge on any atom is 0.193 e. The summed E-state index contributed by atoms with van der Waals surface area (Å²) < 4.78 is 12.0. The summed E-state index contributed by atoms with van der Waals surface area (Å²) in [6.07, 6.45) is 0. The second-order valence-electron chi connectivity index (χ2n) is 26.1. The Morgan fingerprint density at radius 3 is 0.796 bits per heavy atom. The molecule has 0 aliphatic heterocycles. The van der Waals surface area contributed by atoms with Crippen LogP contribution in [0.2, 0.25) is 10.0 Å². The van der Waals surface area contributed by atoms with Crippen molar-refractivity contribution in [2.45, 2.75) is 13.8 Å². The molecule has 0 atom stereocenters. The molecule has 18 rings (SSSR count). The summed E-state index contributed by atoms with van der Waals surface area (Å²) in [5, 5.41) is 1.34. The van der Waals surface area contributed by atoms with Gasteiger partial charge in [-0.15, -0.1) is 0 Å². The fourth-order valence-corrected chi connectivity index (χ4v) is 13.4. The molecular weight excluding hydrogens is 1370 g/mol. The zero-order valence-electron chi connectivity index (χ0n) is 58.4. The largest absolute Gasteiger partial charge is 0.457 e. The van der Waals surface area contributed by atoms with E-state index in [-0.39, 0.29) is 5.78 Å². The molecule has 514 valence electrons. The summed E-state index contributed by atoms with van der Waals surface area (Å²) in [5.41, 5.74) is 25.1. The highest BCUT2D eigenvalue weighted by Crippen LogP contribution is 2.40. The molecule has 0 bridgehead atoms. The predicted octanol–water partition coefficient (Wildman–Crippen LogP) is 24.9. The van der Waals surface area contributed by atoms with Gasteiger partial charge in [0.05, 0.1) is 89.7 Å². The van der Waals surface area contributed by atoms with E-state index in [1.807, 2.05) is 256 Å². The molecular formula is C95H62Cl2N8O3. The van der Waals surface area contributed by atoms with Gasteiger partial charge in [0.25, 0.3) is 0 Å². The second kappa shape index (κ2) is 29.8. The number of nitrogens with zero attached hydrogens (tertiary/aromatic N) is 8. The average Bonchev–Trinajstić information content (AvgIpc) is 0.758. The minimum absolute atomic E-state index is 0.0617. The van der Waals surface area contributed by atoms with Crippen molar-refractivity contribution < 1.29 is 14.3 Å². The van der Waals surface area contributed by atoms with Crippen LogP contribution in [-0.4, -0.2) is 45.7 Å². The number of benzene rings is 14. The summed E-state index contributed by atoms with van der Waals surface area (Å²) in [7, 11) is 0. The van der Waals surface area contributed by atoms with Gasteiger partial charge in [-0.1, -0.05) is 253 Å². The lowest BCUT2D eigenvalue weighted by molar-refractivity contribution is 0.103. The van der Waals surface area contributed by atoms with Gasteiger partial charge in [0, 0.05) is 65.7 Å². The lowest BCUT2D eigenvalue weighted by Crippen LogP contribution is -2.04. The standard InChI is InChI=1S/C61H42N4O3.C34H20Cl2N4/c1-39-18-21-44(22-19-39)59-57(42-12-6-3-7-13-42)62-53-37-54-56(38-55(53)64-59)65-60(58(63-54)43-14-8-4-9-15-43)45-26-24-41(25-27-45)47-23-20-40(2)52(36-47)61(66)46-28-30-49(31-29-46)68-51-34-32-50(33-35-51)67-48-16-10-5-11-17-48;35-25-15-11-23(12-16-25)33-31(21-7-3-1-4-8-21)37-27-19-28-30(20-29(27)39-33)40-34(24-13-17-26(36)18-14-24)32(38-28)22-9-5-2-6-10-22/h3-38H,1-2H3;1-20H. The van der Waals surface area contributed by atoms with Gasteiger partial charge in [0.1, 0.15) is 23.0 Å². The van der Waals surface area contributed by atoms with Crippen molar-refractivity contribution in [3.8, 4) is 124 Å². The van der Waals surface area contributed by atoms with E-state index in [1.165, 1.54) is 5.56 Å². The van der Waals surface area contributed by atoms with Gasteiger partial charge >= 0.3 is 0 Å². The summed E-state index contributed by atoms with van der Waals surface area (Å²) in [6, 6.07) is 111. The van der Waals surface area contributed by atoms with Gasteiger partial charge < -0.3 is 9.47 Å². The number of ether oxygens (including phenoxy) is 2. The monoisotopic (exact) mass is 1430 g/mol. The van der Waals surface area contributed by atoms with Crippen LogP contribution in [0.1, 0.15) is 27.0 Å².